The fourth-order valence-corrected chi connectivity index (χ4v) is 5.59. The predicted molar refractivity (Wildman–Crippen MR) is 150 cm³/mol. The monoisotopic (exact) mass is 500 g/mol. The lowest BCUT2D eigenvalue weighted by molar-refractivity contribution is 0.0984. The molecule has 1 aromatic heterocycles. The van der Waals surface area contributed by atoms with Crippen LogP contribution in [0, 0.1) is 0 Å². The molecule has 37 heavy (non-hydrogen) atoms. The Morgan fingerprint density at radius 2 is 1.41 bits per heavy atom. The van der Waals surface area contributed by atoms with E-state index in [9.17, 15) is 9.59 Å². The number of rotatable bonds is 4. The summed E-state index contributed by atoms with van der Waals surface area (Å²) >= 11 is 1.60. The van der Waals surface area contributed by atoms with Crippen LogP contribution in [0.15, 0.2) is 115 Å². The molecule has 1 N–H and O–H groups in total. The van der Waals surface area contributed by atoms with Crippen LogP contribution < -0.4 is 10.2 Å². The van der Waals surface area contributed by atoms with Crippen LogP contribution in [0.5, 0.6) is 0 Å². The third kappa shape index (κ3) is 4.57. The summed E-state index contributed by atoms with van der Waals surface area (Å²) in [6.07, 6.45) is 0.800. The Bertz CT molecular complexity index is 1590. The number of benzene rings is 4. The Balaban J connectivity index is 1.24. The quantitative estimate of drug-likeness (QED) is 0.279. The number of fused-ring (bicyclic) bond motifs is 2. The zero-order valence-electron chi connectivity index (χ0n) is 20.1. The van der Waals surface area contributed by atoms with Crippen LogP contribution in [-0.4, -0.2) is 11.8 Å². The van der Waals surface area contributed by atoms with Gasteiger partial charge in [-0.25, -0.2) is 0 Å². The number of nitrogens with one attached hydrogen (secondary N) is 1. The van der Waals surface area contributed by atoms with Gasteiger partial charge in [-0.2, -0.15) is 0 Å². The molecule has 1 aliphatic heterocycles. The van der Waals surface area contributed by atoms with E-state index in [-0.39, 0.29) is 11.8 Å². The first-order valence-corrected chi connectivity index (χ1v) is 13.1. The average molecular weight is 501 g/mol. The number of carbonyl (C=O) groups excluding carboxylic acids is 2. The number of hydrogen-bond donors (Lipinski definition) is 1. The molecular formula is C32H24N2O2S. The Morgan fingerprint density at radius 1 is 0.703 bits per heavy atom. The molecule has 2 amide bonds. The van der Waals surface area contributed by atoms with E-state index in [1.165, 1.54) is 5.56 Å². The van der Waals surface area contributed by atoms with Gasteiger partial charge < -0.3 is 10.2 Å². The molecule has 6 rings (SSSR count). The highest BCUT2D eigenvalue weighted by Gasteiger charge is 2.24. The van der Waals surface area contributed by atoms with Crippen LogP contribution in [0.2, 0.25) is 0 Å². The van der Waals surface area contributed by atoms with Crippen LogP contribution in [0.3, 0.4) is 0 Å². The molecule has 2 heterocycles. The van der Waals surface area contributed by atoms with Crippen molar-refractivity contribution in [3.05, 3.63) is 142 Å². The number of anilines is 2. The predicted octanol–water partition coefficient (Wildman–Crippen LogP) is 7.42. The maximum atomic E-state index is 13.7. The lowest BCUT2D eigenvalue weighted by Crippen LogP contribution is -2.30. The van der Waals surface area contributed by atoms with Crippen LogP contribution in [0.4, 0.5) is 11.4 Å². The first-order valence-electron chi connectivity index (χ1n) is 12.2. The number of thiophene rings is 1. The van der Waals surface area contributed by atoms with Gasteiger partial charge in [0.15, 0.2) is 0 Å². The van der Waals surface area contributed by atoms with Gasteiger partial charge in [0.1, 0.15) is 0 Å². The van der Waals surface area contributed by atoms with Gasteiger partial charge in [-0.05, 0) is 71.0 Å². The number of hydrogen-bond acceptors (Lipinski definition) is 3. The van der Waals surface area contributed by atoms with Crippen molar-refractivity contribution in [2.24, 2.45) is 0 Å². The maximum absolute atomic E-state index is 13.7. The van der Waals surface area contributed by atoms with Gasteiger partial charge in [0.25, 0.3) is 11.8 Å². The molecule has 0 saturated carbocycles. The highest BCUT2D eigenvalue weighted by Crippen LogP contribution is 2.32. The van der Waals surface area contributed by atoms with E-state index in [1.54, 1.807) is 35.6 Å². The van der Waals surface area contributed by atoms with E-state index in [1.807, 2.05) is 77.0 Å². The summed E-state index contributed by atoms with van der Waals surface area (Å²) in [7, 11) is 0. The standard InChI is InChI=1S/C32H24N2O2S/c35-31(28-12-5-4-11-27(28)30-14-7-19-37-30)33-26-17-15-22(16-18-26)32(36)34-21-25-10-2-1-8-23(25)20-24-9-3-6-13-29(24)34/h1-19H,20-21H2,(H,33,35). The number of para-hydroxylation sites is 1. The second-order valence-corrected chi connectivity index (χ2v) is 9.97. The number of nitrogens with zero attached hydrogens (tertiary/aromatic N) is 1. The number of amides is 2. The van der Waals surface area contributed by atoms with Crippen LogP contribution in [0.1, 0.15) is 37.4 Å². The summed E-state index contributed by atoms with van der Waals surface area (Å²) in [5, 5.41) is 4.99. The largest absolute Gasteiger partial charge is 0.322 e. The minimum Gasteiger partial charge on any atom is -0.322 e. The Kier molecular flexibility index (Phi) is 6.13. The summed E-state index contributed by atoms with van der Waals surface area (Å²) in [5.74, 6) is -0.244. The topological polar surface area (TPSA) is 49.4 Å². The van der Waals surface area contributed by atoms with Gasteiger partial charge >= 0.3 is 0 Å². The SMILES string of the molecule is O=C(Nc1ccc(C(=O)N2Cc3ccccc3Cc3ccccc32)cc1)c1ccccc1-c1cccs1. The van der Waals surface area contributed by atoms with Gasteiger partial charge in [0.05, 0.1) is 6.54 Å². The molecule has 0 spiro atoms. The normalized spacial score (nSPS) is 12.3. The van der Waals surface area contributed by atoms with Crippen LogP contribution >= 0.6 is 11.3 Å². The van der Waals surface area contributed by atoms with Crippen LogP contribution in [-0.2, 0) is 13.0 Å². The van der Waals surface area contributed by atoms with Crippen molar-refractivity contribution in [3.63, 3.8) is 0 Å². The molecule has 0 fully saturated rings. The van der Waals surface area contributed by atoms with E-state index in [4.69, 9.17) is 0 Å². The zero-order chi connectivity index (χ0) is 25.2. The lowest BCUT2D eigenvalue weighted by atomic mass is 10.0. The maximum Gasteiger partial charge on any atom is 0.258 e. The first-order chi connectivity index (χ1) is 18.2. The molecule has 5 aromatic rings. The third-order valence-electron chi connectivity index (χ3n) is 6.70. The minimum absolute atomic E-state index is 0.0647. The molecule has 0 unspecified atom stereocenters. The van der Waals surface area contributed by atoms with Gasteiger partial charge in [0, 0.05) is 32.9 Å². The molecule has 0 atom stereocenters. The van der Waals surface area contributed by atoms with E-state index in [0.717, 1.165) is 33.7 Å². The van der Waals surface area contributed by atoms with E-state index >= 15 is 0 Å². The molecule has 5 heteroatoms. The number of carbonyl (C=O) groups is 2. The van der Waals surface area contributed by atoms with Crippen molar-refractivity contribution in [1.29, 1.82) is 0 Å². The Labute approximate surface area is 219 Å². The van der Waals surface area contributed by atoms with Crippen LogP contribution in [0.25, 0.3) is 10.4 Å². The fourth-order valence-electron chi connectivity index (χ4n) is 4.83. The zero-order valence-corrected chi connectivity index (χ0v) is 20.9. The van der Waals surface area contributed by atoms with Gasteiger partial charge in [-0.3, -0.25) is 9.59 Å². The van der Waals surface area contributed by atoms with Crippen molar-refractivity contribution in [3.8, 4) is 10.4 Å². The molecular weight excluding hydrogens is 476 g/mol. The smallest absolute Gasteiger partial charge is 0.258 e. The van der Waals surface area contributed by atoms with E-state index < -0.39 is 0 Å². The molecule has 0 saturated heterocycles. The second-order valence-electron chi connectivity index (χ2n) is 9.02. The second kappa shape index (κ2) is 9.88. The fraction of sp³-hybridized carbons (Fsp3) is 0.0625. The van der Waals surface area contributed by atoms with Gasteiger partial charge in [-0.15, -0.1) is 11.3 Å². The summed E-state index contributed by atoms with van der Waals surface area (Å²) in [6, 6.07) is 35.1. The van der Waals surface area contributed by atoms with Crippen molar-refractivity contribution < 1.29 is 9.59 Å². The minimum atomic E-state index is -0.180. The van der Waals surface area contributed by atoms with Crippen molar-refractivity contribution in [1.82, 2.24) is 0 Å². The summed E-state index contributed by atoms with van der Waals surface area (Å²) in [6.45, 7) is 0.518. The van der Waals surface area contributed by atoms with Gasteiger partial charge in [0.2, 0.25) is 0 Å². The molecule has 180 valence electrons. The first kappa shape index (κ1) is 23.0. The molecule has 0 radical (unpaired) electrons. The van der Waals surface area contributed by atoms with E-state index in [2.05, 4.69) is 23.5 Å². The Morgan fingerprint density at radius 3 is 2.19 bits per heavy atom. The molecule has 1 aliphatic rings. The highest BCUT2D eigenvalue weighted by atomic mass is 32.1. The Hall–Kier alpha value is -4.48. The summed E-state index contributed by atoms with van der Waals surface area (Å²) in [5.41, 5.74) is 7.20. The van der Waals surface area contributed by atoms with Crippen molar-refractivity contribution >= 4 is 34.5 Å². The van der Waals surface area contributed by atoms with Crippen molar-refractivity contribution in [2.45, 2.75) is 13.0 Å². The average Bonchev–Trinajstić information content (AvgIpc) is 3.42. The van der Waals surface area contributed by atoms with Gasteiger partial charge in [-0.1, -0.05) is 66.7 Å². The molecule has 0 aliphatic carbocycles. The van der Waals surface area contributed by atoms with Crippen molar-refractivity contribution in [2.75, 3.05) is 10.2 Å². The lowest BCUT2D eigenvalue weighted by Gasteiger charge is -2.23. The summed E-state index contributed by atoms with van der Waals surface area (Å²) in [4.78, 5) is 29.7. The third-order valence-corrected chi connectivity index (χ3v) is 7.61. The summed E-state index contributed by atoms with van der Waals surface area (Å²) < 4.78 is 0. The molecule has 4 nitrogen and oxygen atoms in total. The highest BCUT2D eigenvalue weighted by molar-refractivity contribution is 7.13. The molecule has 4 aromatic carbocycles. The molecule has 0 bridgehead atoms. The van der Waals surface area contributed by atoms with E-state index in [0.29, 0.717) is 23.4 Å².